The van der Waals surface area contributed by atoms with Crippen molar-refractivity contribution >= 4 is 13.7 Å². The van der Waals surface area contributed by atoms with Crippen molar-refractivity contribution < 1.29 is 9.46 Å². The molecule has 1 aromatic carbocycles. The Labute approximate surface area is 72.1 Å². The minimum absolute atomic E-state index is 0.282. The Bertz CT molecular complexity index is 284. The second-order valence-corrected chi connectivity index (χ2v) is 4.27. The van der Waals surface area contributed by atoms with E-state index in [9.17, 15) is 4.57 Å². The normalized spacial score (nSPS) is 15.5. The number of anilines is 1. The third kappa shape index (κ3) is 2.10. The summed E-state index contributed by atoms with van der Waals surface area (Å²) in [6.07, 6.45) is 0. The van der Waals surface area contributed by atoms with Crippen LogP contribution in [0.15, 0.2) is 24.3 Å². The first kappa shape index (κ1) is 9.30. The quantitative estimate of drug-likeness (QED) is 0.545. The summed E-state index contributed by atoms with van der Waals surface area (Å²) < 4.78 is 10.7. The minimum Gasteiger partial charge on any atom is -0.399 e. The fourth-order valence-electron chi connectivity index (χ4n) is 0.927. The lowest BCUT2D eigenvalue weighted by Gasteiger charge is -2.07. The van der Waals surface area contributed by atoms with Crippen LogP contribution in [0.25, 0.3) is 0 Å². The summed E-state index contributed by atoms with van der Waals surface area (Å²) in [5.41, 5.74) is 6.72. The first-order valence-corrected chi connectivity index (χ1v) is 5.13. The second kappa shape index (κ2) is 3.74. The summed E-state index contributed by atoms with van der Waals surface area (Å²) in [5, 5.41) is 0. The molecule has 0 radical (unpaired) electrons. The zero-order chi connectivity index (χ0) is 9.14. The van der Waals surface area contributed by atoms with Crippen LogP contribution in [0, 0.1) is 0 Å². The summed E-state index contributed by atoms with van der Waals surface area (Å²) in [6, 6.07) is 7.02. The summed E-state index contributed by atoms with van der Waals surface area (Å²) >= 11 is 0. The number of hydrogen-bond donors (Lipinski definition) is 2. The third-order valence-electron chi connectivity index (χ3n) is 1.81. The van der Waals surface area contributed by atoms with E-state index in [0.717, 1.165) is 5.56 Å². The van der Waals surface area contributed by atoms with E-state index in [0.29, 0.717) is 5.69 Å². The number of rotatable bonds is 2. The molecule has 0 heterocycles. The fourth-order valence-corrected chi connectivity index (χ4v) is 1.40. The Balaban J connectivity index is 2.89. The Hall–Kier alpha value is -0.790. The number of hydrogen-bond acceptors (Lipinski definition) is 2. The van der Waals surface area contributed by atoms with Crippen molar-refractivity contribution in [1.29, 1.82) is 0 Å². The van der Waals surface area contributed by atoms with Crippen molar-refractivity contribution in [3.05, 3.63) is 29.8 Å². The molecule has 1 rings (SSSR count). The summed E-state index contributed by atoms with van der Waals surface area (Å²) in [6.45, 7) is 1.73. The van der Waals surface area contributed by atoms with Crippen molar-refractivity contribution in [3.63, 3.8) is 0 Å². The largest absolute Gasteiger partial charge is 0.399 e. The van der Waals surface area contributed by atoms with E-state index in [4.69, 9.17) is 10.6 Å². The molecule has 0 aliphatic rings. The maximum atomic E-state index is 10.7. The van der Waals surface area contributed by atoms with Crippen LogP contribution in [-0.4, -0.2) is 4.89 Å². The van der Waals surface area contributed by atoms with Gasteiger partial charge in [-0.2, -0.15) is 0 Å². The van der Waals surface area contributed by atoms with E-state index in [-0.39, 0.29) is 5.66 Å². The molecule has 0 amide bonds. The second-order valence-electron chi connectivity index (χ2n) is 2.73. The lowest BCUT2D eigenvalue weighted by Crippen LogP contribution is -1.89. The van der Waals surface area contributed by atoms with Crippen molar-refractivity contribution in [2.45, 2.75) is 12.6 Å². The molecule has 66 valence electrons. The van der Waals surface area contributed by atoms with Gasteiger partial charge in [0, 0.05) is 5.69 Å². The van der Waals surface area contributed by atoms with Crippen LogP contribution >= 0.6 is 8.03 Å². The summed E-state index contributed by atoms with van der Waals surface area (Å²) in [4.78, 5) is 8.86. The van der Waals surface area contributed by atoms with Crippen LogP contribution in [0.3, 0.4) is 0 Å². The molecule has 12 heavy (non-hydrogen) atoms. The average molecular weight is 185 g/mol. The van der Waals surface area contributed by atoms with E-state index >= 15 is 0 Å². The Morgan fingerprint density at radius 2 is 1.92 bits per heavy atom. The van der Waals surface area contributed by atoms with Gasteiger partial charge in [-0.05, 0) is 24.6 Å². The van der Waals surface area contributed by atoms with Gasteiger partial charge < -0.3 is 10.6 Å². The van der Waals surface area contributed by atoms with E-state index in [1.54, 1.807) is 31.2 Å². The molecular formula is C8H12NO2P. The fraction of sp³-hybridized carbons (Fsp3) is 0.250. The van der Waals surface area contributed by atoms with Gasteiger partial charge in [0.05, 0.1) is 5.66 Å². The maximum Gasteiger partial charge on any atom is 0.196 e. The van der Waals surface area contributed by atoms with Crippen LogP contribution in [-0.2, 0) is 4.57 Å². The zero-order valence-corrected chi connectivity index (χ0v) is 7.82. The molecule has 0 aromatic heterocycles. The molecule has 0 aliphatic heterocycles. The van der Waals surface area contributed by atoms with Crippen molar-refractivity contribution in [3.8, 4) is 0 Å². The van der Waals surface area contributed by atoms with Gasteiger partial charge in [0.1, 0.15) is 0 Å². The highest BCUT2D eigenvalue weighted by Crippen LogP contribution is 2.36. The number of nitrogens with two attached hydrogens (primary N) is 1. The molecule has 0 fully saturated rings. The molecule has 0 bridgehead atoms. The van der Waals surface area contributed by atoms with E-state index in [1.165, 1.54) is 0 Å². The topological polar surface area (TPSA) is 63.3 Å². The predicted octanol–water partition coefficient (Wildman–Crippen LogP) is 1.80. The van der Waals surface area contributed by atoms with Gasteiger partial charge in [0.25, 0.3) is 0 Å². The molecule has 0 spiro atoms. The molecule has 1 aromatic rings. The van der Waals surface area contributed by atoms with Gasteiger partial charge in [0.15, 0.2) is 8.03 Å². The highest BCUT2D eigenvalue weighted by molar-refractivity contribution is 7.38. The maximum absolute atomic E-state index is 10.7. The Kier molecular flexibility index (Phi) is 2.90. The summed E-state index contributed by atoms with van der Waals surface area (Å²) in [7, 11) is -2.47. The molecule has 0 saturated heterocycles. The first-order valence-electron chi connectivity index (χ1n) is 3.69. The molecule has 2 atom stereocenters. The van der Waals surface area contributed by atoms with E-state index in [2.05, 4.69) is 0 Å². The van der Waals surface area contributed by atoms with Crippen molar-refractivity contribution in [2.24, 2.45) is 0 Å². The molecule has 0 saturated carbocycles. The lowest BCUT2D eigenvalue weighted by atomic mass is 10.1. The van der Waals surface area contributed by atoms with Crippen LogP contribution in [0.5, 0.6) is 0 Å². The van der Waals surface area contributed by atoms with Crippen molar-refractivity contribution in [2.75, 3.05) is 5.73 Å². The van der Waals surface area contributed by atoms with Crippen molar-refractivity contribution in [1.82, 2.24) is 0 Å². The van der Waals surface area contributed by atoms with Gasteiger partial charge in [-0.1, -0.05) is 12.1 Å². The Morgan fingerprint density at radius 3 is 2.33 bits per heavy atom. The third-order valence-corrected chi connectivity index (χ3v) is 2.88. The van der Waals surface area contributed by atoms with E-state index < -0.39 is 8.03 Å². The predicted molar refractivity (Wildman–Crippen MR) is 50.5 cm³/mol. The highest BCUT2D eigenvalue weighted by Gasteiger charge is 2.09. The van der Waals surface area contributed by atoms with Crippen LogP contribution in [0.4, 0.5) is 5.69 Å². The molecular weight excluding hydrogens is 173 g/mol. The number of benzene rings is 1. The van der Waals surface area contributed by atoms with Crippen LogP contribution in [0.2, 0.25) is 0 Å². The van der Waals surface area contributed by atoms with Gasteiger partial charge in [-0.15, -0.1) is 0 Å². The average Bonchev–Trinajstić information content (AvgIpc) is 2.04. The number of nitrogen functional groups attached to an aromatic ring is 1. The SMILES string of the molecule is CC(c1ccc(N)cc1)[PH](=O)O. The minimum atomic E-state index is -2.47. The Morgan fingerprint density at radius 1 is 1.42 bits per heavy atom. The smallest absolute Gasteiger partial charge is 0.196 e. The van der Waals surface area contributed by atoms with Gasteiger partial charge in [-0.25, -0.2) is 0 Å². The lowest BCUT2D eigenvalue weighted by molar-refractivity contribution is 0.493. The molecule has 3 N–H and O–H groups in total. The standard InChI is InChI=1S/C8H12NO2P/c1-6(12(10)11)7-2-4-8(9)5-3-7/h2-6,12H,9H2,1H3,(H,10,11). The zero-order valence-electron chi connectivity index (χ0n) is 6.82. The van der Waals surface area contributed by atoms with Crippen LogP contribution in [0.1, 0.15) is 18.1 Å². The molecule has 2 unspecified atom stereocenters. The van der Waals surface area contributed by atoms with Gasteiger partial charge in [0.2, 0.25) is 0 Å². The first-order chi connectivity index (χ1) is 5.61. The van der Waals surface area contributed by atoms with Gasteiger partial charge >= 0.3 is 0 Å². The monoisotopic (exact) mass is 185 g/mol. The van der Waals surface area contributed by atoms with Gasteiger partial charge in [-0.3, -0.25) is 4.57 Å². The van der Waals surface area contributed by atoms with E-state index in [1.807, 2.05) is 0 Å². The summed E-state index contributed by atoms with van der Waals surface area (Å²) in [5.74, 6) is 0. The highest BCUT2D eigenvalue weighted by atomic mass is 31.1. The molecule has 0 aliphatic carbocycles. The van der Waals surface area contributed by atoms with Crippen LogP contribution < -0.4 is 5.73 Å². The molecule has 4 heteroatoms. The molecule has 3 nitrogen and oxygen atoms in total.